The second-order valence-electron chi connectivity index (χ2n) is 4.83. The molecule has 1 amide bonds. The van der Waals surface area contributed by atoms with Crippen LogP contribution in [0.5, 0.6) is 0 Å². The van der Waals surface area contributed by atoms with Gasteiger partial charge in [0.25, 0.3) is 0 Å². The molecule has 2 N–H and O–H groups in total. The minimum atomic E-state index is -0.259. The highest BCUT2D eigenvalue weighted by Crippen LogP contribution is 2.24. The Morgan fingerprint density at radius 3 is 2.81 bits per heavy atom. The fourth-order valence-electron chi connectivity index (χ4n) is 2.63. The summed E-state index contributed by atoms with van der Waals surface area (Å²) in [7, 11) is 0. The van der Waals surface area contributed by atoms with Gasteiger partial charge in [0.05, 0.1) is 5.54 Å². The van der Waals surface area contributed by atoms with Crippen LogP contribution in [0, 0.1) is 0 Å². The normalized spacial score (nSPS) is 31.6. The SMILES string of the molecule is CCC1(C(=O)NC2CCSCC2)CCCN1. The van der Waals surface area contributed by atoms with Gasteiger partial charge in [-0.3, -0.25) is 4.79 Å². The van der Waals surface area contributed by atoms with Crippen molar-refractivity contribution in [2.75, 3.05) is 18.1 Å². The molecular weight excluding hydrogens is 220 g/mol. The largest absolute Gasteiger partial charge is 0.352 e. The molecule has 1 atom stereocenters. The van der Waals surface area contributed by atoms with Gasteiger partial charge in [-0.05, 0) is 50.2 Å². The Labute approximate surface area is 102 Å². The van der Waals surface area contributed by atoms with Crippen molar-refractivity contribution in [3.63, 3.8) is 0 Å². The number of rotatable bonds is 3. The van der Waals surface area contributed by atoms with Crippen LogP contribution in [0.4, 0.5) is 0 Å². The zero-order valence-electron chi connectivity index (χ0n) is 10.1. The van der Waals surface area contributed by atoms with E-state index >= 15 is 0 Å². The zero-order chi connectivity index (χ0) is 11.4. The van der Waals surface area contributed by atoms with Gasteiger partial charge in [0, 0.05) is 6.04 Å². The molecule has 0 spiro atoms. The highest BCUT2D eigenvalue weighted by atomic mass is 32.2. The molecule has 0 aliphatic carbocycles. The summed E-state index contributed by atoms with van der Waals surface area (Å²) >= 11 is 2.00. The van der Waals surface area contributed by atoms with Crippen LogP contribution in [0.15, 0.2) is 0 Å². The number of thioether (sulfide) groups is 1. The highest BCUT2D eigenvalue weighted by Gasteiger charge is 2.39. The van der Waals surface area contributed by atoms with E-state index in [1.807, 2.05) is 11.8 Å². The van der Waals surface area contributed by atoms with E-state index in [4.69, 9.17) is 0 Å². The molecule has 2 saturated heterocycles. The van der Waals surface area contributed by atoms with E-state index in [1.54, 1.807) is 0 Å². The van der Waals surface area contributed by atoms with Crippen LogP contribution in [-0.2, 0) is 4.79 Å². The number of amides is 1. The summed E-state index contributed by atoms with van der Waals surface area (Å²) in [5.74, 6) is 2.62. The second-order valence-corrected chi connectivity index (χ2v) is 6.05. The molecule has 0 saturated carbocycles. The first kappa shape index (κ1) is 12.2. The van der Waals surface area contributed by atoms with Crippen LogP contribution in [0.1, 0.15) is 39.0 Å². The van der Waals surface area contributed by atoms with E-state index in [9.17, 15) is 4.79 Å². The first-order chi connectivity index (χ1) is 7.77. The molecule has 0 radical (unpaired) electrons. The van der Waals surface area contributed by atoms with Gasteiger partial charge in [0.1, 0.15) is 0 Å². The first-order valence-electron chi connectivity index (χ1n) is 6.40. The van der Waals surface area contributed by atoms with Crippen LogP contribution >= 0.6 is 11.8 Å². The molecule has 92 valence electrons. The van der Waals surface area contributed by atoms with Crippen LogP contribution in [0.3, 0.4) is 0 Å². The summed E-state index contributed by atoms with van der Waals surface area (Å²) < 4.78 is 0. The lowest BCUT2D eigenvalue weighted by Gasteiger charge is -2.31. The molecule has 2 heterocycles. The Morgan fingerprint density at radius 2 is 2.25 bits per heavy atom. The van der Waals surface area contributed by atoms with Crippen molar-refractivity contribution < 1.29 is 4.79 Å². The number of carbonyl (C=O) groups is 1. The smallest absolute Gasteiger partial charge is 0.240 e. The van der Waals surface area contributed by atoms with Crippen LogP contribution in [0.25, 0.3) is 0 Å². The highest BCUT2D eigenvalue weighted by molar-refractivity contribution is 7.99. The number of hydrogen-bond donors (Lipinski definition) is 2. The summed E-state index contributed by atoms with van der Waals surface area (Å²) in [5, 5.41) is 6.63. The Hall–Kier alpha value is -0.220. The van der Waals surface area contributed by atoms with Crippen molar-refractivity contribution in [1.29, 1.82) is 0 Å². The Morgan fingerprint density at radius 1 is 1.50 bits per heavy atom. The van der Waals surface area contributed by atoms with E-state index in [2.05, 4.69) is 17.6 Å². The summed E-state index contributed by atoms with van der Waals surface area (Å²) in [4.78, 5) is 12.3. The minimum Gasteiger partial charge on any atom is -0.352 e. The average molecular weight is 242 g/mol. The first-order valence-corrected chi connectivity index (χ1v) is 7.56. The molecule has 0 aromatic heterocycles. The molecule has 16 heavy (non-hydrogen) atoms. The monoisotopic (exact) mass is 242 g/mol. The van der Waals surface area contributed by atoms with Crippen molar-refractivity contribution in [1.82, 2.24) is 10.6 Å². The average Bonchev–Trinajstić information content (AvgIpc) is 2.80. The molecule has 2 aliphatic heterocycles. The predicted molar refractivity (Wildman–Crippen MR) is 68.7 cm³/mol. The van der Waals surface area contributed by atoms with Crippen molar-refractivity contribution in [2.24, 2.45) is 0 Å². The topological polar surface area (TPSA) is 41.1 Å². The summed E-state index contributed by atoms with van der Waals surface area (Å²) in [6.07, 6.45) is 5.30. The van der Waals surface area contributed by atoms with Crippen LogP contribution < -0.4 is 10.6 Å². The van der Waals surface area contributed by atoms with Gasteiger partial charge in [-0.2, -0.15) is 11.8 Å². The predicted octanol–water partition coefficient (Wildman–Crippen LogP) is 1.53. The third-order valence-corrected chi connectivity index (χ3v) is 4.89. The summed E-state index contributed by atoms with van der Waals surface area (Å²) in [6.45, 7) is 3.09. The maximum atomic E-state index is 12.3. The number of hydrogen-bond acceptors (Lipinski definition) is 3. The fraction of sp³-hybridized carbons (Fsp3) is 0.917. The third-order valence-electron chi connectivity index (χ3n) is 3.84. The van der Waals surface area contributed by atoms with E-state index < -0.39 is 0 Å². The Bertz CT molecular complexity index is 245. The lowest BCUT2D eigenvalue weighted by atomic mass is 9.92. The van der Waals surface area contributed by atoms with Gasteiger partial charge in [-0.1, -0.05) is 6.92 Å². The molecule has 0 bridgehead atoms. The van der Waals surface area contributed by atoms with Gasteiger partial charge < -0.3 is 10.6 Å². The quantitative estimate of drug-likeness (QED) is 0.788. The van der Waals surface area contributed by atoms with Gasteiger partial charge in [0.15, 0.2) is 0 Å². The van der Waals surface area contributed by atoms with E-state index in [0.29, 0.717) is 6.04 Å². The molecule has 2 fully saturated rings. The second kappa shape index (κ2) is 5.41. The molecule has 2 rings (SSSR count). The van der Waals surface area contributed by atoms with Crippen molar-refractivity contribution in [3.05, 3.63) is 0 Å². The van der Waals surface area contributed by atoms with Gasteiger partial charge in [0.2, 0.25) is 5.91 Å². The Balaban J connectivity index is 1.90. The number of carbonyl (C=O) groups excluding carboxylic acids is 1. The fourth-order valence-corrected chi connectivity index (χ4v) is 3.73. The number of nitrogens with one attached hydrogen (secondary N) is 2. The molecule has 2 aliphatic rings. The van der Waals surface area contributed by atoms with E-state index in [-0.39, 0.29) is 11.4 Å². The van der Waals surface area contributed by atoms with E-state index in [0.717, 1.165) is 38.6 Å². The Kier molecular flexibility index (Phi) is 4.14. The summed E-state index contributed by atoms with van der Waals surface area (Å²) in [6, 6.07) is 0.416. The van der Waals surface area contributed by atoms with Crippen molar-refractivity contribution >= 4 is 17.7 Å². The summed E-state index contributed by atoms with van der Waals surface area (Å²) in [5.41, 5.74) is -0.259. The third kappa shape index (κ3) is 2.54. The molecule has 4 heteroatoms. The molecule has 0 aromatic rings. The van der Waals surface area contributed by atoms with Gasteiger partial charge >= 0.3 is 0 Å². The van der Waals surface area contributed by atoms with Gasteiger partial charge in [-0.15, -0.1) is 0 Å². The van der Waals surface area contributed by atoms with E-state index in [1.165, 1.54) is 11.5 Å². The molecule has 1 unspecified atom stereocenters. The van der Waals surface area contributed by atoms with Crippen molar-refractivity contribution in [3.8, 4) is 0 Å². The lowest BCUT2D eigenvalue weighted by Crippen LogP contribution is -2.55. The maximum absolute atomic E-state index is 12.3. The van der Waals surface area contributed by atoms with Gasteiger partial charge in [-0.25, -0.2) is 0 Å². The van der Waals surface area contributed by atoms with Crippen LogP contribution in [-0.4, -0.2) is 35.5 Å². The molecule has 3 nitrogen and oxygen atoms in total. The van der Waals surface area contributed by atoms with Crippen LogP contribution in [0.2, 0.25) is 0 Å². The van der Waals surface area contributed by atoms with Crippen molar-refractivity contribution in [2.45, 2.75) is 50.6 Å². The minimum absolute atomic E-state index is 0.240. The zero-order valence-corrected chi connectivity index (χ0v) is 10.9. The standard InChI is InChI=1S/C12H22N2OS/c1-2-12(6-3-7-13-12)11(15)14-10-4-8-16-9-5-10/h10,13H,2-9H2,1H3,(H,14,15). The molecular formula is C12H22N2OS. The maximum Gasteiger partial charge on any atom is 0.240 e. The molecule has 0 aromatic carbocycles. The lowest BCUT2D eigenvalue weighted by molar-refractivity contribution is -0.128.